The quantitative estimate of drug-likeness (QED) is 0.945. The highest BCUT2D eigenvalue weighted by Crippen LogP contribution is 2.27. The fraction of sp³-hybridized carbons (Fsp3) is 0.231. The molecule has 1 N–H and O–H groups in total. The Hall–Kier alpha value is -1.26. The van der Waals surface area contributed by atoms with Gasteiger partial charge in [-0.2, -0.15) is 0 Å². The van der Waals surface area contributed by atoms with Crippen LogP contribution < -0.4 is 5.32 Å². The van der Waals surface area contributed by atoms with Gasteiger partial charge in [0.25, 0.3) is 0 Å². The lowest BCUT2D eigenvalue weighted by Crippen LogP contribution is -2.20. The molecule has 0 saturated heterocycles. The van der Waals surface area contributed by atoms with Gasteiger partial charge in [-0.25, -0.2) is 0 Å². The SMILES string of the molecule is CNC(c1cnccc1C)c1ncccc1Br. The number of pyridine rings is 2. The lowest BCUT2D eigenvalue weighted by molar-refractivity contribution is 0.661. The first-order chi connectivity index (χ1) is 8.24. The van der Waals surface area contributed by atoms with Crippen LogP contribution in [0.15, 0.2) is 41.3 Å². The molecule has 0 spiro atoms. The maximum atomic E-state index is 4.43. The van der Waals surface area contributed by atoms with E-state index in [1.807, 2.05) is 31.4 Å². The third-order valence-corrected chi connectivity index (χ3v) is 3.41. The van der Waals surface area contributed by atoms with Crippen molar-refractivity contribution in [2.45, 2.75) is 13.0 Å². The largest absolute Gasteiger partial charge is 0.308 e. The van der Waals surface area contributed by atoms with E-state index < -0.39 is 0 Å². The number of aryl methyl sites for hydroxylation is 1. The zero-order valence-electron chi connectivity index (χ0n) is 9.81. The molecule has 1 atom stereocenters. The van der Waals surface area contributed by atoms with Crippen molar-refractivity contribution in [1.29, 1.82) is 0 Å². The average Bonchev–Trinajstić information content (AvgIpc) is 2.34. The zero-order chi connectivity index (χ0) is 12.3. The van der Waals surface area contributed by atoms with Gasteiger partial charge in [0.2, 0.25) is 0 Å². The molecule has 0 aliphatic rings. The van der Waals surface area contributed by atoms with Crippen molar-refractivity contribution in [3.05, 3.63) is 58.1 Å². The van der Waals surface area contributed by atoms with E-state index in [2.05, 4.69) is 38.1 Å². The van der Waals surface area contributed by atoms with Gasteiger partial charge in [0.05, 0.1) is 11.7 Å². The van der Waals surface area contributed by atoms with E-state index in [0.29, 0.717) is 0 Å². The van der Waals surface area contributed by atoms with Crippen LogP contribution in [0.4, 0.5) is 0 Å². The van der Waals surface area contributed by atoms with Gasteiger partial charge < -0.3 is 5.32 Å². The van der Waals surface area contributed by atoms with Crippen molar-refractivity contribution in [2.75, 3.05) is 7.05 Å². The molecular weight excluding hydrogens is 278 g/mol. The molecule has 0 amide bonds. The second kappa shape index (κ2) is 5.38. The molecule has 0 fully saturated rings. The topological polar surface area (TPSA) is 37.8 Å². The minimum Gasteiger partial charge on any atom is -0.308 e. The van der Waals surface area contributed by atoms with Gasteiger partial charge in [0.15, 0.2) is 0 Å². The molecule has 0 bridgehead atoms. The van der Waals surface area contributed by atoms with E-state index in [0.717, 1.165) is 15.7 Å². The van der Waals surface area contributed by atoms with Crippen LogP contribution in [0.5, 0.6) is 0 Å². The van der Waals surface area contributed by atoms with Crippen LogP contribution in [0.1, 0.15) is 22.9 Å². The van der Waals surface area contributed by atoms with Crippen molar-refractivity contribution in [1.82, 2.24) is 15.3 Å². The highest BCUT2D eigenvalue weighted by atomic mass is 79.9. The second-order valence-corrected chi connectivity index (χ2v) is 4.68. The van der Waals surface area contributed by atoms with Crippen molar-refractivity contribution >= 4 is 15.9 Å². The Balaban J connectivity index is 2.48. The van der Waals surface area contributed by atoms with Crippen LogP contribution in [0.25, 0.3) is 0 Å². The molecule has 3 nitrogen and oxygen atoms in total. The summed E-state index contributed by atoms with van der Waals surface area (Å²) in [5.41, 5.74) is 3.33. The van der Waals surface area contributed by atoms with Gasteiger partial charge in [-0.05, 0) is 59.2 Å². The molecule has 0 saturated carbocycles. The van der Waals surface area contributed by atoms with Crippen molar-refractivity contribution < 1.29 is 0 Å². The minimum absolute atomic E-state index is 0.0549. The summed E-state index contributed by atoms with van der Waals surface area (Å²) in [5, 5.41) is 3.28. The third-order valence-electron chi connectivity index (χ3n) is 2.74. The average molecular weight is 292 g/mol. The Morgan fingerprint density at radius 3 is 2.76 bits per heavy atom. The Morgan fingerprint density at radius 2 is 2.12 bits per heavy atom. The van der Waals surface area contributed by atoms with Crippen molar-refractivity contribution in [3.63, 3.8) is 0 Å². The lowest BCUT2D eigenvalue weighted by atomic mass is 10.0. The van der Waals surface area contributed by atoms with E-state index in [4.69, 9.17) is 0 Å². The molecule has 2 aromatic rings. The number of rotatable bonds is 3. The number of halogens is 1. The predicted octanol–water partition coefficient (Wildman–Crippen LogP) is 2.86. The molecule has 1 unspecified atom stereocenters. The number of hydrogen-bond acceptors (Lipinski definition) is 3. The highest BCUT2D eigenvalue weighted by Gasteiger charge is 2.17. The summed E-state index contributed by atoms with van der Waals surface area (Å²) in [4.78, 5) is 8.62. The van der Waals surface area contributed by atoms with E-state index in [1.54, 1.807) is 12.4 Å². The van der Waals surface area contributed by atoms with Gasteiger partial charge >= 0.3 is 0 Å². The van der Waals surface area contributed by atoms with Gasteiger partial charge in [0.1, 0.15) is 0 Å². The molecule has 0 aliphatic carbocycles. The smallest absolute Gasteiger partial charge is 0.0778 e. The van der Waals surface area contributed by atoms with Crippen LogP contribution in [-0.2, 0) is 0 Å². The second-order valence-electron chi connectivity index (χ2n) is 3.82. The van der Waals surface area contributed by atoms with Gasteiger partial charge in [-0.3, -0.25) is 9.97 Å². The summed E-state index contributed by atoms with van der Waals surface area (Å²) in [6, 6.07) is 5.98. The molecule has 4 heteroatoms. The van der Waals surface area contributed by atoms with Crippen LogP contribution in [0.2, 0.25) is 0 Å². The third kappa shape index (κ3) is 2.53. The normalized spacial score (nSPS) is 12.4. The van der Waals surface area contributed by atoms with Crippen LogP contribution in [0.3, 0.4) is 0 Å². The molecule has 2 rings (SSSR count). The molecule has 0 aromatic carbocycles. The van der Waals surface area contributed by atoms with E-state index in [-0.39, 0.29) is 6.04 Å². The van der Waals surface area contributed by atoms with Crippen LogP contribution in [-0.4, -0.2) is 17.0 Å². The highest BCUT2D eigenvalue weighted by molar-refractivity contribution is 9.10. The summed E-state index contributed by atoms with van der Waals surface area (Å²) < 4.78 is 1.00. The van der Waals surface area contributed by atoms with Crippen molar-refractivity contribution in [2.24, 2.45) is 0 Å². The summed E-state index contributed by atoms with van der Waals surface area (Å²) in [6.45, 7) is 2.08. The first-order valence-corrected chi connectivity index (χ1v) is 6.21. The number of aromatic nitrogens is 2. The fourth-order valence-corrected chi connectivity index (χ4v) is 2.31. The minimum atomic E-state index is 0.0549. The Bertz CT molecular complexity index is 468. The van der Waals surface area contributed by atoms with Gasteiger partial charge in [0, 0.05) is 23.1 Å². The van der Waals surface area contributed by atoms with E-state index in [1.165, 1.54) is 5.56 Å². The Morgan fingerprint density at radius 1 is 1.29 bits per heavy atom. The number of nitrogens with zero attached hydrogens (tertiary/aromatic N) is 2. The van der Waals surface area contributed by atoms with E-state index in [9.17, 15) is 0 Å². The molecule has 2 heterocycles. The summed E-state index contributed by atoms with van der Waals surface area (Å²) >= 11 is 3.54. The number of nitrogens with one attached hydrogen (secondary N) is 1. The van der Waals surface area contributed by atoms with Crippen molar-refractivity contribution in [3.8, 4) is 0 Å². The van der Waals surface area contributed by atoms with Gasteiger partial charge in [-0.15, -0.1) is 0 Å². The first-order valence-electron chi connectivity index (χ1n) is 5.42. The van der Waals surface area contributed by atoms with Gasteiger partial charge in [-0.1, -0.05) is 0 Å². The lowest BCUT2D eigenvalue weighted by Gasteiger charge is -2.18. The molecule has 17 heavy (non-hydrogen) atoms. The molecule has 0 aliphatic heterocycles. The Kier molecular flexibility index (Phi) is 3.86. The predicted molar refractivity (Wildman–Crippen MR) is 71.8 cm³/mol. The summed E-state index contributed by atoms with van der Waals surface area (Å²) in [7, 11) is 1.93. The molecule has 2 aromatic heterocycles. The summed E-state index contributed by atoms with van der Waals surface area (Å²) in [5.74, 6) is 0. The van der Waals surface area contributed by atoms with E-state index >= 15 is 0 Å². The molecular formula is C13H14BrN3. The first kappa shape index (κ1) is 12.2. The fourth-order valence-electron chi connectivity index (χ4n) is 1.83. The zero-order valence-corrected chi connectivity index (χ0v) is 11.4. The number of hydrogen-bond donors (Lipinski definition) is 1. The molecule has 88 valence electrons. The maximum absolute atomic E-state index is 4.43. The monoisotopic (exact) mass is 291 g/mol. The van der Waals surface area contributed by atoms with Crippen LogP contribution >= 0.6 is 15.9 Å². The standard InChI is InChI=1S/C13H14BrN3/c1-9-5-7-16-8-10(9)12(15-2)13-11(14)4-3-6-17-13/h3-8,12,15H,1-2H3. The maximum Gasteiger partial charge on any atom is 0.0778 e. The molecule has 0 radical (unpaired) electrons. The van der Waals surface area contributed by atoms with Crippen LogP contribution in [0, 0.1) is 6.92 Å². The Labute approximate surface area is 109 Å². The summed E-state index contributed by atoms with van der Waals surface area (Å²) in [6.07, 6.45) is 5.49.